The van der Waals surface area contributed by atoms with Gasteiger partial charge in [0.2, 0.25) is 0 Å². The van der Waals surface area contributed by atoms with Crippen LogP contribution in [0.5, 0.6) is 0 Å². The van der Waals surface area contributed by atoms with E-state index in [0.717, 1.165) is 51.4 Å². The smallest absolute Gasteiger partial charge is 0.462 e. The molecule has 0 amide bonds. The molecule has 0 spiro atoms. The van der Waals surface area contributed by atoms with Crippen molar-refractivity contribution in [3.8, 4) is 0 Å². The van der Waals surface area contributed by atoms with Crippen LogP contribution in [0.4, 0.5) is 0 Å². The summed E-state index contributed by atoms with van der Waals surface area (Å²) < 4.78 is 32.9. The van der Waals surface area contributed by atoms with Crippen LogP contribution in [0.15, 0.2) is 24.3 Å². The minimum Gasteiger partial charge on any atom is -0.462 e. The summed E-state index contributed by atoms with van der Waals surface area (Å²) in [5.74, 6) is -0.824. The van der Waals surface area contributed by atoms with Crippen LogP contribution in [0, 0.1) is 0 Å². The monoisotopic (exact) mass is 856 g/mol. The van der Waals surface area contributed by atoms with Crippen molar-refractivity contribution in [1.82, 2.24) is 0 Å². The standard InChI is InChI=1S/C49H94NO8P/c1-3-5-7-9-11-13-15-17-19-21-22-23-24-26-28-30-32-34-36-38-40-42-49(52)58-47(46-57-59(53,54)56-44-43-50)45-55-48(51)41-39-37-35-33-31-29-27-25-20-18-16-14-12-10-8-6-4-2/h17-20,47H,3-16,21-46,50H2,1-2H3,(H,53,54)/b19-17+,20-18+/t47-/m1/s1. The molecule has 348 valence electrons. The predicted octanol–water partition coefficient (Wildman–Crippen LogP) is 14.7. The van der Waals surface area contributed by atoms with E-state index in [1.54, 1.807) is 0 Å². The highest BCUT2D eigenvalue weighted by Gasteiger charge is 2.26. The Balaban J connectivity index is 4.05. The molecule has 0 aromatic carbocycles. The molecule has 3 N–H and O–H groups in total. The lowest BCUT2D eigenvalue weighted by molar-refractivity contribution is -0.161. The normalized spacial score (nSPS) is 13.4. The van der Waals surface area contributed by atoms with Gasteiger partial charge in [-0.15, -0.1) is 0 Å². The van der Waals surface area contributed by atoms with E-state index in [1.165, 1.54) is 161 Å². The van der Waals surface area contributed by atoms with Gasteiger partial charge in [-0.3, -0.25) is 18.6 Å². The van der Waals surface area contributed by atoms with Crippen molar-refractivity contribution in [3.63, 3.8) is 0 Å². The highest BCUT2D eigenvalue weighted by molar-refractivity contribution is 7.47. The number of carbonyl (C=O) groups is 2. The van der Waals surface area contributed by atoms with E-state index in [9.17, 15) is 19.0 Å². The number of nitrogens with two attached hydrogens (primary N) is 1. The number of hydrogen-bond donors (Lipinski definition) is 2. The first-order chi connectivity index (χ1) is 28.8. The van der Waals surface area contributed by atoms with Crippen LogP contribution < -0.4 is 5.73 Å². The van der Waals surface area contributed by atoms with Crippen molar-refractivity contribution in [3.05, 3.63) is 24.3 Å². The van der Waals surface area contributed by atoms with Crippen LogP contribution in [0.25, 0.3) is 0 Å². The summed E-state index contributed by atoms with van der Waals surface area (Å²) >= 11 is 0. The van der Waals surface area contributed by atoms with Gasteiger partial charge in [-0.2, -0.15) is 0 Å². The molecule has 0 bridgehead atoms. The molecule has 0 saturated carbocycles. The lowest BCUT2D eigenvalue weighted by atomic mass is 10.0. The van der Waals surface area contributed by atoms with Gasteiger partial charge in [0.15, 0.2) is 6.10 Å². The van der Waals surface area contributed by atoms with E-state index < -0.39 is 26.5 Å². The first-order valence-corrected chi connectivity index (χ1v) is 26.3. The molecule has 0 heterocycles. The molecule has 9 nitrogen and oxygen atoms in total. The topological polar surface area (TPSA) is 134 Å². The van der Waals surface area contributed by atoms with Crippen molar-refractivity contribution >= 4 is 19.8 Å². The van der Waals surface area contributed by atoms with Crippen molar-refractivity contribution in [1.29, 1.82) is 0 Å². The van der Waals surface area contributed by atoms with Gasteiger partial charge < -0.3 is 20.1 Å². The van der Waals surface area contributed by atoms with Gasteiger partial charge in [0, 0.05) is 19.4 Å². The Labute approximate surface area is 363 Å². The predicted molar refractivity (Wildman–Crippen MR) is 247 cm³/mol. The molecule has 2 atom stereocenters. The number of carbonyl (C=O) groups excluding carboxylic acids is 2. The number of hydrogen-bond acceptors (Lipinski definition) is 8. The molecule has 0 aliphatic carbocycles. The second-order valence-corrected chi connectivity index (χ2v) is 18.1. The molecule has 0 rings (SSSR count). The average Bonchev–Trinajstić information content (AvgIpc) is 3.22. The lowest BCUT2D eigenvalue weighted by Gasteiger charge is -2.19. The molecular formula is C49H94NO8P. The Bertz CT molecular complexity index is 1020. The zero-order valence-corrected chi connectivity index (χ0v) is 39.4. The van der Waals surface area contributed by atoms with Gasteiger partial charge in [-0.1, -0.05) is 192 Å². The van der Waals surface area contributed by atoms with E-state index in [2.05, 4.69) is 38.2 Å². The number of phosphoric acid groups is 1. The first-order valence-electron chi connectivity index (χ1n) is 24.8. The number of phosphoric ester groups is 1. The van der Waals surface area contributed by atoms with Crippen LogP contribution in [-0.4, -0.2) is 49.3 Å². The highest BCUT2D eigenvalue weighted by Crippen LogP contribution is 2.43. The summed E-state index contributed by atoms with van der Waals surface area (Å²) in [6, 6.07) is 0. The van der Waals surface area contributed by atoms with E-state index >= 15 is 0 Å². The number of ether oxygens (including phenoxy) is 2. The Kier molecular flexibility index (Phi) is 44.8. The lowest BCUT2D eigenvalue weighted by Crippen LogP contribution is -2.29. The molecule has 0 aromatic heterocycles. The average molecular weight is 856 g/mol. The van der Waals surface area contributed by atoms with Gasteiger partial charge in [0.05, 0.1) is 13.2 Å². The minimum absolute atomic E-state index is 0.0542. The van der Waals surface area contributed by atoms with E-state index in [4.69, 9.17) is 24.3 Å². The van der Waals surface area contributed by atoms with Crippen LogP contribution in [0.3, 0.4) is 0 Å². The number of esters is 2. The van der Waals surface area contributed by atoms with Crippen molar-refractivity contribution in [2.45, 2.75) is 251 Å². The maximum atomic E-state index is 12.6. The second-order valence-electron chi connectivity index (χ2n) is 16.7. The van der Waals surface area contributed by atoms with Gasteiger partial charge in [-0.05, 0) is 64.2 Å². The third-order valence-corrected chi connectivity index (χ3v) is 11.8. The molecule has 0 aliphatic heterocycles. The number of rotatable bonds is 47. The van der Waals surface area contributed by atoms with Crippen molar-refractivity contribution < 1.29 is 37.6 Å². The molecule has 0 aliphatic rings. The summed E-state index contributed by atoms with van der Waals surface area (Å²) in [6.07, 6.45) is 50.7. The Hall–Kier alpha value is -1.51. The SMILES string of the molecule is CCCCCCCC/C=C/CCCCCCCCCCCCCC(=O)O[C@H](COC(=O)CCCCCCCCC/C=C/CCCCCCCC)COP(=O)(O)OCCN. The fraction of sp³-hybridized carbons (Fsp3) is 0.878. The van der Waals surface area contributed by atoms with Gasteiger partial charge in [-0.25, -0.2) is 4.57 Å². The second kappa shape index (κ2) is 46.0. The quantitative estimate of drug-likeness (QED) is 0.0265. The van der Waals surface area contributed by atoms with E-state index in [-0.39, 0.29) is 38.6 Å². The van der Waals surface area contributed by atoms with E-state index in [1.807, 2.05) is 0 Å². The third kappa shape index (κ3) is 45.8. The van der Waals surface area contributed by atoms with Crippen LogP contribution in [-0.2, 0) is 32.7 Å². The number of allylic oxidation sites excluding steroid dienone is 4. The third-order valence-electron chi connectivity index (χ3n) is 10.8. The zero-order chi connectivity index (χ0) is 43.2. The Morgan fingerprint density at radius 2 is 0.831 bits per heavy atom. The molecule has 59 heavy (non-hydrogen) atoms. The van der Waals surface area contributed by atoms with Crippen molar-refractivity contribution in [2.24, 2.45) is 5.73 Å². The van der Waals surface area contributed by atoms with E-state index in [0.29, 0.717) is 6.42 Å². The van der Waals surface area contributed by atoms with Crippen molar-refractivity contribution in [2.75, 3.05) is 26.4 Å². The van der Waals surface area contributed by atoms with Gasteiger partial charge in [0.1, 0.15) is 6.61 Å². The van der Waals surface area contributed by atoms with Crippen LogP contribution in [0.1, 0.15) is 245 Å². The molecule has 0 fully saturated rings. The zero-order valence-electron chi connectivity index (χ0n) is 38.5. The minimum atomic E-state index is -4.38. The fourth-order valence-corrected chi connectivity index (χ4v) is 7.86. The summed E-state index contributed by atoms with van der Waals surface area (Å²) in [7, 11) is -4.38. The first kappa shape index (κ1) is 57.5. The molecular weight excluding hydrogens is 762 g/mol. The number of unbranched alkanes of at least 4 members (excludes halogenated alkanes) is 30. The maximum Gasteiger partial charge on any atom is 0.472 e. The summed E-state index contributed by atoms with van der Waals surface area (Å²) in [6.45, 7) is 3.76. The van der Waals surface area contributed by atoms with Crippen LogP contribution >= 0.6 is 7.82 Å². The molecule has 0 radical (unpaired) electrons. The van der Waals surface area contributed by atoms with Gasteiger partial charge >= 0.3 is 19.8 Å². The fourth-order valence-electron chi connectivity index (χ4n) is 7.10. The molecule has 0 saturated heterocycles. The summed E-state index contributed by atoms with van der Waals surface area (Å²) in [5, 5.41) is 0. The Morgan fingerprint density at radius 3 is 1.20 bits per heavy atom. The molecule has 1 unspecified atom stereocenters. The largest absolute Gasteiger partial charge is 0.472 e. The Morgan fingerprint density at radius 1 is 0.492 bits per heavy atom. The summed E-state index contributed by atoms with van der Waals surface area (Å²) in [5.41, 5.74) is 5.36. The summed E-state index contributed by atoms with van der Waals surface area (Å²) in [4.78, 5) is 35.0. The molecule has 0 aromatic rings. The molecule has 10 heteroatoms. The maximum absolute atomic E-state index is 12.6. The van der Waals surface area contributed by atoms with Crippen LogP contribution in [0.2, 0.25) is 0 Å². The highest BCUT2D eigenvalue weighted by atomic mass is 31.2. The van der Waals surface area contributed by atoms with Gasteiger partial charge in [0.25, 0.3) is 0 Å².